The number of rotatable bonds is 4. The quantitative estimate of drug-likeness (QED) is 0.497. The number of ether oxygens (including phenoxy) is 1. The number of carbonyl (C=O) groups excluding carboxylic acids is 1. The number of carbonyl (C=O) groups is 1. The van der Waals surface area contributed by atoms with E-state index in [2.05, 4.69) is 6.92 Å². The molecule has 0 aliphatic heterocycles. The highest BCUT2D eigenvalue weighted by Crippen LogP contribution is 2.40. The zero-order valence-corrected chi connectivity index (χ0v) is 15.4. The summed E-state index contributed by atoms with van der Waals surface area (Å²) in [4.78, 5) is 10.9. The van der Waals surface area contributed by atoms with Crippen LogP contribution in [0.2, 0.25) is 0 Å². The van der Waals surface area contributed by atoms with E-state index in [0.717, 1.165) is 30.1 Å². The van der Waals surface area contributed by atoms with E-state index in [4.69, 9.17) is 4.74 Å². The van der Waals surface area contributed by atoms with Crippen molar-refractivity contribution in [1.29, 1.82) is 0 Å². The van der Waals surface area contributed by atoms with Crippen molar-refractivity contribution in [2.24, 2.45) is 11.8 Å². The Hall–Kier alpha value is -2.01. The first-order valence-corrected chi connectivity index (χ1v) is 9.81. The second-order valence-electron chi connectivity index (χ2n) is 7.26. The summed E-state index contributed by atoms with van der Waals surface area (Å²) in [6, 6.07) is 6.50. The summed E-state index contributed by atoms with van der Waals surface area (Å²) in [5.74, 6) is 0.427. The fourth-order valence-electron chi connectivity index (χ4n) is 3.74. The van der Waals surface area contributed by atoms with Gasteiger partial charge in [-0.2, -0.15) is 0 Å². The van der Waals surface area contributed by atoms with Crippen molar-refractivity contribution in [2.75, 3.05) is 6.61 Å². The first-order chi connectivity index (χ1) is 12.6. The van der Waals surface area contributed by atoms with E-state index in [9.17, 15) is 13.6 Å². The summed E-state index contributed by atoms with van der Waals surface area (Å²) >= 11 is 1.03. The first-order valence-electron chi connectivity index (χ1n) is 8.99. The number of halogens is 2. The zero-order chi connectivity index (χ0) is 18.3. The van der Waals surface area contributed by atoms with Crippen LogP contribution in [-0.4, -0.2) is 12.9 Å². The van der Waals surface area contributed by atoms with Crippen molar-refractivity contribution < 1.29 is 18.3 Å². The Labute approximate surface area is 154 Å². The molecule has 1 heterocycles. The first kappa shape index (κ1) is 17.4. The van der Waals surface area contributed by atoms with Crippen molar-refractivity contribution in [3.63, 3.8) is 0 Å². The van der Waals surface area contributed by atoms with Gasteiger partial charge in [0.2, 0.25) is 0 Å². The van der Waals surface area contributed by atoms with Crippen LogP contribution in [0.25, 0.3) is 20.2 Å². The van der Waals surface area contributed by atoms with Gasteiger partial charge in [0.1, 0.15) is 0 Å². The van der Waals surface area contributed by atoms with Gasteiger partial charge in [0.05, 0.1) is 21.6 Å². The molecule has 0 atom stereocenters. The Morgan fingerprint density at radius 2 is 1.69 bits per heavy atom. The minimum absolute atomic E-state index is 0.00698. The van der Waals surface area contributed by atoms with Gasteiger partial charge in [-0.25, -0.2) is 8.78 Å². The lowest BCUT2D eigenvalue weighted by Gasteiger charge is -2.26. The van der Waals surface area contributed by atoms with Crippen LogP contribution in [0.5, 0.6) is 5.75 Å². The molecule has 1 aromatic heterocycles. The maximum Gasteiger partial charge on any atom is 0.182 e. The molecular weight excluding hydrogens is 354 g/mol. The van der Waals surface area contributed by atoms with Gasteiger partial charge in [-0.1, -0.05) is 25.8 Å². The van der Waals surface area contributed by atoms with E-state index in [0.29, 0.717) is 39.0 Å². The smallest absolute Gasteiger partial charge is 0.182 e. The van der Waals surface area contributed by atoms with Crippen LogP contribution in [0.1, 0.15) is 43.0 Å². The number of thiophene rings is 1. The highest BCUT2D eigenvalue weighted by molar-refractivity contribution is 7.25. The predicted molar refractivity (Wildman–Crippen MR) is 101 cm³/mol. The molecule has 0 spiro atoms. The molecule has 1 aliphatic rings. The summed E-state index contributed by atoms with van der Waals surface area (Å²) in [6.07, 6.45) is 5.12. The SMILES string of the molecule is CC1CCC(COc2ccc3c(sc4c(F)c(C=O)ccc43)c2F)CC1. The summed E-state index contributed by atoms with van der Waals surface area (Å²) in [5, 5.41) is 1.28. The second kappa shape index (κ2) is 6.95. The van der Waals surface area contributed by atoms with Crippen LogP contribution in [-0.2, 0) is 0 Å². The Bertz CT molecular complexity index is 971. The van der Waals surface area contributed by atoms with E-state index < -0.39 is 11.6 Å². The number of hydrogen-bond acceptors (Lipinski definition) is 3. The second-order valence-corrected chi connectivity index (χ2v) is 8.28. The van der Waals surface area contributed by atoms with Crippen molar-refractivity contribution in [3.8, 4) is 5.75 Å². The summed E-state index contributed by atoms with van der Waals surface area (Å²) in [6.45, 7) is 2.78. The van der Waals surface area contributed by atoms with Crippen LogP contribution >= 0.6 is 11.3 Å². The molecule has 2 aromatic carbocycles. The third-order valence-corrected chi connectivity index (χ3v) is 6.63. The van der Waals surface area contributed by atoms with E-state index >= 15 is 0 Å². The van der Waals surface area contributed by atoms with Crippen molar-refractivity contribution >= 4 is 37.8 Å². The fourth-order valence-corrected chi connectivity index (χ4v) is 4.92. The fraction of sp³-hybridized carbons (Fsp3) is 0.381. The molecule has 136 valence electrons. The molecule has 5 heteroatoms. The largest absolute Gasteiger partial charge is 0.490 e. The Morgan fingerprint density at radius 3 is 2.38 bits per heavy atom. The lowest BCUT2D eigenvalue weighted by atomic mass is 9.83. The van der Waals surface area contributed by atoms with Gasteiger partial charge in [0, 0.05) is 10.8 Å². The average Bonchev–Trinajstić information content (AvgIpc) is 3.03. The lowest BCUT2D eigenvalue weighted by molar-refractivity contribution is 0.112. The minimum Gasteiger partial charge on any atom is -0.490 e. The van der Waals surface area contributed by atoms with Gasteiger partial charge in [0.25, 0.3) is 0 Å². The van der Waals surface area contributed by atoms with Gasteiger partial charge >= 0.3 is 0 Å². The van der Waals surface area contributed by atoms with Crippen LogP contribution in [0.3, 0.4) is 0 Å². The normalized spacial score (nSPS) is 20.6. The number of fused-ring (bicyclic) bond motifs is 3. The molecule has 1 fully saturated rings. The van der Waals surface area contributed by atoms with Gasteiger partial charge in [0.15, 0.2) is 23.7 Å². The highest BCUT2D eigenvalue weighted by atomic mass is 32.1. The van der Waals surface area contributed by atoms with Gasteiger partial charge in [-0.3, -0.25) is 4.79 Å². The lowest BCUT2D eigenvalue weighted by Crippen LogP contribution is -2.19. The third kappa shape index (κ3) is 2.98. The molecular formula is C21H20F2O2S. The predicted octanol–water partition coefficient (Wildman–Crippen LogP) is 6.35. The Balaban J connectivity index is 1.65. The average molecular weight is 374 g/mol. The van der Waals surface area contributed by atoms with Gasteiger partial charge in [-0.05, 0) is 42.9 Å². The Kier molecular flexibility index (Phi) is 4.65. The monoisotopic (exact) mass is 374 g/mol. The summed E-state index contributed by atoms with van der Waals surface area (Å²) in [7, 11) is 0. The standard InChI is InChI=1S/C21H20F2O2S/c1-12-2-4-13(5-3-12)11-25-17-9-8-16-15-7-6-14(10-24)18(22)20(15)26-21(16)19(17)23/h6-10,12-13H,2-5,11H2,1H3. The zero-order valence-electron chi connectivity index (χ0n) is 14.6. The topological polar surface area (TPSA) is 26.3 Å². The van der Waals surface area contributed by atoms with E-state index in [1.807, 2.05) is 0 Å². The maximum atomic E-state index is 14.9. The van der Waals surface area contributed by atoms with Crippen molar-refractivity contribution in [1.82, 2.24) is 0 Å². The molecule has 0 radical (unpaired) electrons. The molecule has 26 heavy (non-hydrogen) atoms. The molecule has 1 saturated carbocycles. The summed E-state index contributed by atoms with van der Waals surface area (Å²) < 4.78 is 35.8. The molecule has 0 N–H and O–H groups in total. The van der Waals surface area contributed by atoms with Crippen LogP contribution in [0.15, 0.2) is 24.3 Å². The minimum atomic E-state index is -0.586. The highest BCUT2D eigenvalue weighted by Gasteiger charge is 2.21. The molecule has 2 nitrogen and oxygen atoms in total. The van der Waals surface area contributed by atoms with E-state index in [-0.39, 0.29) is 11.3 Å². The maximum absolute atomic E-state index is 14.9. The number of aldehydes is 1. The number of benzene rings is 2. The van der Waals surface area contributed by atoms with Crippen molar-refractivity contribution in [3.05, 3.63) is 41.5 Å². The van der Waals surface area contributed by atoms with Crippen LogP contribution < -0.4 is 4.74 Å². The van der Waals surface area contributed by atoms with Crippen molar-refractivity contribution in [2.45, 2.75) is 32.6 Å². The summed E-state index contributed by atoms with van der Waals surface area (Å²) in [5.41, 5.74) is -0.00698. The van der Waals surface area contributed by atoms with Crippen LogP contribution in [0, 0.1) is 23.5 Å². The number of hydrogen-bond donors (Lipinski definition) is 0. The van der Waals surface area contributed by atoms with E-state index in [1.165, 1.54) is 18.9 Å². The molecule has 4 rings (SSSR count). The molecule has 1 aliphatic carbocycles. The van der Waals surface area contributed by atoms with Gasteiger partial charge < -0.3 is 4.74 Å². The molecule has 0 saturated heterocycles. The van der Waals surface area contributed by atoms with Gasteiger partial charge in [-0.15, -0.1) is 11.3 Å². The Morgan fingerprint density at radius 1 is 1.04 bits per heavy atom. The van der Waals surface area contributed by atoms with Crippen LogP contribution in [0.4, 0.5) is 8.78 Å². The molecule has 0 bridgehead atoms. The molecule has 0 unspecified atom stereocenters. The molecule has 0 amide bonds. The van der Waals surface area contributed by atoms with E-state index in [1.54, 1.807) is 18.2 Å². The molecule has 3 aromatic rings. The third-order valence-electron chi connectivity index (χ3n) is 5.42.